The van der Waals surface area contributed by atoms with Gasteiger partial charge in [0.2, 0.25) is 9.84 Å². The first-order chi connectivity index (χ1) is 12.9. The maximum Gasteiger partial charge on any atom is 0.210 e. The second-order valence-corrected chi connectivity index (χ2v) is 11.4. The van der Waals surface area contributed by atoms with E-state index in [1.54, 1.807) is 24.3 Å². The van der Waals surface area contributed by atoms with Gasteiger partial charge in [-0.25, -0.2) is 8.42 Å². The van der Waals surface area contributed by atoms with Gasteiger partial charge in [-0.2, -0.15) is 0 Å². The molecule has 152 valence electrons. The maximum atomic E-state index is 13.4. The van der Waals surface area contributed by atoms with E-state index in [1.165, 1.54) is 0 Å². The van der Waals surface area contributed by atoms with Crippen molar-refractivity contribution >= 4 is 9.84 Å². The zero-order valence-corrected chi connectivity index (χ0v) is 18.4. The van der Waals surface area contributed by atoms with Crippen molar-refractivity contribution in [2.24, 2.45) is 0 Å². The van der Waals surface area contributed by atoms with Gasteiger partial charge in [-0.05, 0) is 46.2 Å². The number of hydrogen-bond acceptors (Lipinski definition) is 4. The zero-order chi connectivity index (χ0) is 20.7. The quantitative estimate of drug-likeness (QED) is 0.668. The van der Waals surface area contributed by atoms with Crippen molar-refractivity contribution in [2.75, 3.05) is 13.2 Å². The van der Waals surface area contributed by atoms with E-state index in [0.29, 0.717) is 19.0 Å². The van der Waals surface area contributed by atoms with Crippen LogP contribution < -0.4 is 4.74 Å². The minimum atomic E-state index is -3.71. The molecule has 1 aliphatic rings. The Morgan fingerprint density at radius 3 is 1.96 bits per heavy atom. The smallest absolute Gasteiger partial charge is 0.210 e. The highest BCUT2D eigenvalue weighted by atomic mass is 32.2. The van der Waals surface area contributed by atoms with Gasteiger partial charge >= 0.3 is 0 Å². The van der Waals surface area contributed by atoms with E-state index in [-0.39, 0.29) is 26.7 Å². The van der Waals surface area contributed by atoms with E-state index in [1.807, 2.05) is 18.2 Å². The molecule has 1 unspecified atom stereocenters. The molecule has 1 saturated heterocycles. The van der Waals surface area contributed by atoms with Crippen LogP contribution in [0, 0.1) is 0 Å². The highest BCUT2D eigenvalue weighted by Crippen LogP contribution is 2.35. The van der Waals surface area contributed by atoms with Gasteiger partial charge in [-0.1, -0.05) is 59.7 Å². The maximum absolute atomic E-state index is 13.4. The number of hydrogen-bond donors (Lipinski definition) is 0. The molecule has 28 heavy (non-hydrogen) atoms. The topological polar surface area (TPSA) is 55.9 Å². The van der Waals surface area contributed by atoms with Crippen LogP contribution in [0.4, 0.5) is 0 Å². The Hall–Kier alpha value is -1.85. The van der Waals surface area contributed by atoms with Gasteiger partial charge in [0.05, 0.1) is 11.5 Å². The van der Waals surface area contributed by atoms with Gasteiger partial charge in [0.25, 0.3) is 0 Å². The molecule has 2 aromatic carbocycles. The van der Waals surface area contributed by atoms with E-state index < -0.39 is 9.84 Å². The molecule has 4 nitrogen and oxygen atoms in total. The lowest BCUT2D eigenvalue weighted by Gasteiger charge is -2.22. The summed E-state index contributed by atoms with van der Waals surface area (Å²) in [5.41, 5.74) is 1.84. The first-order valence-corrected chi connectivity index (χ1v) is 11.1. The Bertz CT molecular complexity index is 942. The largest absolute Gasteiger partial charge is 0.489 e. The summed E-state index contributed by atoms with van der Waals surface area (Å²) in [5.74, 6) is 0.378. The molecule has 1 aliphatic heterocycles. The summed E-state index contributed by atoms with van der Waals surface area (Å²) < 4.78 is 37.9. The van der Waals surface area contributed by atoms with Crippen molar-refractivity contribution in [3.8, 4) is 5.75 Å². The molecule has 5 heteroatoms. The summed E-state index contributed by atoms with van der Waals surface area (Å²) >= 11 is 0. The SMILES string of the molecule is CC(C)(C)c1ccc(S(=O)(=O)c2cc(C(C)(C)C)ccc2OCC2CO2)cc1. The molecular weight excluding hydrogens is 372 g/mol. The van der Waals surface area contributed by atoms with Crippen LogP contribution in [0.1, 0.15) is 52.7 Å². The summed E-state index contributed by atoms with van der Waals surface area (Å²) in [6, 6.07) is 12.6. The van der Waals surface area contributed by atoms with Crippen molar-refractivity contribution in [1.29, 1.82) is 0 Å². The van der Waals surface area contributed by atoms with Crippen LogP contribution in [-0.2, 0) is 25.4 Å². The number of ether oxygens (including phenoxy) is 2. The fourth-order valence-electron chi connectivity index (χ4n) is 2.91. The molecule has 0 amide bonds. The fraction of sp³-hybridized carbons (Fsp3) is 0.478. The first-order valence-electron chi connectivity index (χ1n) is 9.63. The van der Waals surface area contributed by atoms with Gasteiger partial charge in [0.15, 0.2) is 0 Å². The lowest BCUT2D eigenvalue weighted by Crippen LogP contribution is -2.15. The lowest BCUT2D eigenvalue weighted by molar-refractivity contribution is 0.257. The van der Waals surface area contributed by atoms with E-state index in [0.717, 1.165) is 11.1 Å². The van der Waals surface area contributed by atoms with Crippen molar-refractivity contribution in [2.45, 2.75) is 68.3 Å². The third-order valence-corrected chi connectivity index (χ3v) is 6.75. The molecule has 0 bridgehead atoms. The van der Waals surface area contributed by atoms with Crippen molar-refractivity contribution in [3.63, 3.8) is 0 Å². The van der Waals surface area contributed by atoms with Crippen LogP contribution in [0.5, 0.6) is 5.75 Å². The standard InChI is InChI=1S/C23H30O4S/c1-22(2,3)16-7-10-19(11-8-16)28(24,25)21-13-17(23(4,5)6)9-12-20(21)27-15-18-14-26-18/h7-13,18H,14-15H2,1-6H3. The molecule has 3 rings (SSSR count). The Morgan fingerprint density at radius 1 is 0.929 bits per heavy atom. The van der Waals surface area contributed by atoms with Gasteiger partial charge in [0, 0.05) is 0 Å². The molecule has 1 heterocycles. The van der Waals surface area contributed by atoms with Crippen LogP contribution in [0.3, 0.4) is 0 Å². The van der Waals surface area contributed by atoms with Gasteiger partial charge < -0.3 is 9.47 Å². The van der Waals surface area contributed by atoms with E-state index in [4.69, 9.17) is 9.47 Å². The predicted octanol–water partition coefficient (Wildman–Crippen LogP) is 4.89. The van der Waals surface area contributed by atoms with Crippen LogP contribution in [0.15, 0.2) is 52.3 Å². The number of rotatable bonds is 5. The lowest BCUT2D eigenvalue weighted by atomic mass is 9.87. The van der Waals surface area contributed by atoms with E-state index >= 15 is 0 Å². The number of epoxide rings is 1. The van der Waals surface area contributed by atoms with Crippen molar-refractivity contribution in [1.82, 2.24) is 0 Å². The van der Waals surface area contributed by atoms with Gasteiger partial charge in [-0.3, -0.25) is 0 Å². The number of sulfone groups is 1. The molecule has 0 radical (unpaired) electrons. The Balaban J connectivity index is 2.04. The summed E-state index contributed by atoms with van der Waals surface area (Å²) in [7, 11) is -3.71. The number of benzene rings is 2. The van der Waals surface area contributed by atoms with Gasteiger partial charge in [0.1, 0.15) is 23.4 Å². The Kier molecular flexibility index (Phi) is 5.36. The molecule has 0 spiro atoms. The van der Waals surface area contributed by atoms with Gasteiger partial charge in [-0.15, -0.1) is 0 Å². The monoisotopic (exact) mass is 402 g/mol. The summed E-state index contributed by atoms with van der Waals surface area (Å²) in [4.78, 5) is 0.489. The predicted molar refractivity (Wildman–Crippen MR) is 111 cm³/mol. The van der Waals surface area contributed by atoms with E-state index in [2.05, 4.69) is 41.5 Å². The Morgan fingerprint density at radius 2 is 1.46 bits per heavy atom. The second-order valence-electron chi connectivity index (χ2n) is 9.46. The third-order valence-electron chi connectivity index (χ3n) is 4.96. The van der Waals surface area contributed by atoms with Crippen LogP contribution in [0.2, 0.25) is 0 Å². The Labute approximate surface area is 168 Å². The van der Waals surface area contributed by atoms with Crippen LogP contribution in [-0.4, -0.2) is 27.7 Å². The minimum Gasteiger partial charge on any atom is -0.489 e. The molecule has 1 atom stereocenters. The average Bonchev–Trinajstić information content (AvgIpc) is 3.42. The van der Waals surface area contributed by atoms with Crippen LogP contribution >= 0.6 is 0 Å². The highest BCUT2D eigenvalue weighted by Gasteiger charge is 2.28. The minimum absolute atomic E-state index is 0.0347. The second kappa shape index (κ2) is 7.20. The molecular formula is C23H30O4S. The molecule has 0 saturated carbocycles. The van der Waals surface area contributed by atoms with E-state index in [9.17, 15) is 8.42 Å². The first kappa shape index (κ1) is 20.9. The normalized spacial score (nSPS) is 17.4. The summed E-state index contributed by atoms with van der Waals surface area (Å²) in [5, 5.41) is 0. The molecule has 0 aliphatic carbocycles. The van der Waals surface area contributed by atoms with Crippen molar-refractivity contribution < 1.29 is 17.9 Å². The summed E-state index contributed by atoms with van der Waals surface area (Å²) in [6.07, 6.45) is 0.0592. The third kappa shape index (κ3) is 4.58. The summed E-state index contributed by atoms with van der Waals surface area (Å²) in [6.45, 7) is 13.5. The highest BCUT2D eigenvalue weighted by molar-refractivity contribution is 7.91. The molecule has 1 fully saturated rings. The average molecular weight is 403 g/mol. The molecule has 0 N–H and O–H groups in total. The zero-order valence-electron chi connectivity index (χ0n) is 17.6. The molecule has 0 aromatic heterocycles. The van der Waals surface area contributed by atoms with Crippen molar-refractivity contribution in [3.05, 3.63) is 53.6 Å². The van der Waals surface area contributed by atoms with Crippen LogP contribution in [0.25, 0.3) is 0 Å². The fourth-order valence-corrected chi connectivity index (χ4v) is 4.33. The molecule has 2 aromatic rings.